The summed E-state index contributed by atoms with van der Waals surface area (Å²) >= 11 is 0. The summed E-state index contributed by atoms with van der Waals surface area (Å²) in [6.45, 7) is 4.39. The minimum absolute atomic E-state index is 0.0309. The molecule has 4 aromatic heterocycles. The maximum absolute atomic E-state index is 15.7. The van der Waals surface area contributed by atoms with E-state index in [4.69, 9.17) is 14.5 Å². The van der Waals surface area contributed by atoms with Crippen LogP contribution in [-0.2, 0) is 4.79 Å². The van der Waals surface area contributed by atoms with Gasteiger partial charge in [-0.1, -0.05) is 6.08 Å². The lowest BCUT2D eigenvalue weighted by Gasteiger charge is -2.39. The third kappa shape index (κ3) is 5.55. The van der Waals surface area contributed by atoms with Gasteiger partial charge in [-0.2, -0.15) is 5.10 Å². The zero-order valence-electron chi connectivity index (χ0n) is 25.0. The number of hydrogen-bond acceptors (Lipinski definition) is 11. The number of aromatic nitrogens is 6. The maximum atomic E-state index is 15.7. The van der Waals surface area contributed by atoms with Crippen LogP contribution >= 0.6 is 0 Å². The Hall–Kier alpha value is -5.37. The number of halogens is 1. The molecule has 0 spiro atoms. The highest BCUT2D eigenvalue weighted by atomic mass is 19.1. The van der Waals surface area contributed by atoms with E-state index in [0.717, 1.165) is 0 Å². The second-order valence-electron chi connectivity index (χ2n) is 11.2. The Bertz CT molecular complexity index is 1940. The molecule has 0 saturated carbocycles. The van der Waals surface area contributed by atoms with Crippen LogP contribution in [0.5, 0.6) is 17.2 Å². The molecule has 1 N–H and O–H groups in total. The molecule has 1 saturated heterocycles. The first-order chi connectivity index (χ1) is 21.8. The molecule has 7 rings (SSSR count). The number of fused-ring (bicyclic) bond motifs is 6. The lowest BCUT2D eigenvalue weighted by atomic mass is 10.1. The lowest BCUT2D eigenvalue weighted by molar-refractivity contribution is -0.129. The molecule has 2 aliphatic heterocycles. The minimum Gasteiger partial charge on any atom is -0.487 e. The number of pyridine rings is 2. The normalized spacial score (nSPS) is 16.2. The van der Waals surface area contributed by atoms with Crippen LogP contribution in [0.15, 0.2) is 61.3 Å². The highest BCUT2D eigenvalue weighted by molar-refractivity contribution is 5.91. The van der Waals surface area contributed by atoms with E-state index in [1.807, 2.05) is 36.0 Å². The number of anilines is 3. The zero-order valence-corrected chi connectivity index (χ0v) is 25.0. The summed E-state index contributed by atoms with van der Waals surface area (Å²) in [5.41, 5.74) is 2.18. The molecule has 1 atom stereocenters. The van der Waals surface area contributed by atoms with Crippen molar-refractivity contribution < 1.29 is 18.7 Å². The Balaban J connectivity index is 1.12. The number of hydrogen-bond donors (Lipinski definition) is 1. The molecule has 14 heteroatoms. The molecule has 230 valence electrons. The molecular formula is C31H31FN10O3. The number of ether oxygens (including phenoxy) is 2. The van der Waals surface area contributed by atoms with Gasteiger partial charge in [0.2, 0.25) is 5.91 Å². The van der Waals surface area contributed by atoms with E-state index in [1.165, 1.54) is 12.7 Å². The Labute approximate surface area is 257 Å². The lowest BCUT2D eigenvalue weighted by Crippen LogP contribution is -2.56. The third-order valence-electron chi connectivity index (χ3n) is 7.85. The van der Waals surface area contributed by atoms with E-state index in [2.05, 4.69) is 30.3 Å². The van der Waals surface area contributed by atoms with E-state index in [1.54, 1.807) is 48.0 Å². The quantitative estimate of drug-likeness (QED) is 0.272. The SMILES string of the molecule is Cc1c(Oc2ccn3ncnc3c2)ccc(Nc2ncnc3cc4c(nc23)N2CCN(C(=O)/C=C/CN(C)C)[C@H](CO4)C2)c1F. The van der Waals surface area contributed by atoms with Gasteiger partial charge in [0.1, 0.15) is 36.3 Å². The Morgan fingerprint density at radius 2 is 2.07 bits per heavy atom. The fraction of sp³-hybridized carbons (Fsp3) is 0.290. The van der Waals surface area contributed by atoms with Gasteiger partial charge in [-0.25, -0.2) is 28.8 Å². The molecular weight excluding hydrogens is 579 g/mol. The number of nitrogens with one attached hydrogen (secondary N) is 1. The molecule has 2 bridgehead atoms. The summed E-state index contributed by atoms with van der Waals surface area (Å²) in [5, 5.41) is 7.18. The summed E-state index contributed by atoms with van der Waals surface area (Å²) in [4.78, 5) is 36.8. The number of amides is 1. The van der Waals surface area contributed by atoms with Crippen molar-refractivity contribution in [3.05, 3.63) is 72.7 Å². The van der Waals surface area contributed by atoms with Crippen LogP contribution in [-0.4, -0.2) is 98.2 Å². The Morgan fingerprint density at radius 1 is 1.18 bits per heavy atom. The molecule has 5 aromatic rings. The van der Waals surface area contributed by atoms with Gasteiger partial charge in [0, 0.05) is 56.1 Å². The maximum Gasteiger partial charge on any atom is 0.246 e. The van der Waals surface area contributed by atoms with Crippen LogP contribution in [0.25, 0.3) is 16.7 Å². The van der Waals surface area contributed by atoms with Gasteiger partial charge in [0.25, 0.3) is 0 Å². The number of nitrogens with zero attached hydrogens (tertiary/aromatic N) is 9. The number of piperazine rings is 1. The van der Waals surface area contributed by atoms with Gasteiger partial charge in [0.05, 0.1) is 17.2 Å². The van der Waals surface area contributed by atoms with Gasteiger partial charge in [-0.3, -0.25) is 4.79 Å². The number of rotatable bonds is 7. The van der Waals surface area contributed by atoms with Crippen LogP contribution < -0.4 is 19.7 Å². The molecule has 0 aliphatic carbocycles. The first kappa shape index (κ1) is 28.4. The van der Waals surface area contributed by atoms with Crippen LogP contribution in [0, 0.1) is 12.7 Å². The molecule has 0 unspecified atom stereocenters. The zero-order chi connectivity index (χ0) is 31.1. The fourth-order valence-corrected chi connectivity index (χ4v) is 5.50. The molecule has 1 fully saturated rings. The summed E-state index contributed by atoms with van der Waals surface area (Å²) in [6.07, 6.45) is 8.07. The molecule has 13 nitrogen and oxygen atoms in total. The summed E-state index contributed by atoms with van der Waals surface area (Å²) in [7, 11) is 3.91. The minimum atomic E-state index is -0.482. The van der Waals surface area contributed by atoms with Crippen molar-refractivity contribution in [2.24, 2.45) is 0 Å². The van der Waals surface area contributed by atoms with Gasteiger partial charge in [0.15, 0.2) is 28.8 Å². The Morgan fingerprint density at radius 3 is 2.93 bits per heavy atom. The Kier molecular flexibility index (Phi) is 7.33. The van der Waals surface area contributed by atoms with Crippen molar-refractivity contribution in [3.63, 3.8) is 0 Å². The monoisotopic (exact) mass is 610 g/mol. The molecule has 6 heterocycles. The smallest absolute Gasteiger partial charge is 0.246 e. The van der Waals surface area contributed by atoms with Gasteiger partial charge < -0.3 is 29.5 Å². The fourth-order valence-electron chi connectivity index (χ4n) is 5.50. The van der Waals surface area contributed by atoms with E-state index < -0.39 is 5.82 Å². The highest BCUT2D eigenvalue weighted by Gasteiger charge is 2.35. The first-order valence-corrected chi connectivity index (χ1v) is 14.5. The van der Waals surface area contributed by atoms with Crippen molar-refractivity contribution in [1.82, 2.24) is 39.3 Å². The van der Waals surface area contributed by atoms with E-state index in [-0.39, 0.29) is 17.6 Å². The summed E-state index contributed by atoms with van der Waals surface area (Å²) in [5.74, 6) is 1.95. The van der Waals surface area contributed by atoms with Gasteiger partial charge in [-0.15, -0.1) is 0 Å². The first-order valence-electron chi connectivity index (χ1n) is 14.5. The number of carbonyl (C=O) groups is 1. The predicted molar refractivity (Wildman–Crippen MR) is 166 cm³/mol. The molecule has 0 radical (unpaired) electrons. The van der Waals surface area contributed by atoms with Crippen molar-refractivity contribution in [1.29, 1.82) is 0 Å². The van der Waals surface area contributed by atoms with E-state index >= 15 is 4.39 Å². The van der Waals surface area contributed by atoms with Crippen molar-refractivity contribution in [2.45, 2.75) is 13.0 Å². The largest absolute Gasteiger partial charge is 0.487 e. The van der Waals surface area contributed by atoms with Crippen molar-refractivity contribution in [3.8, 4) is 17.2 Å². The van der Waals surface area contributed by atoms with Crippen LogP contribution in [0.1, 0.15) is 5.56 Å². The van der Waals surface area contributed by atoms with E-state index in [0.29, 0.717) is 83.9 Å². The average molecular weight is 611 g/mol. The van der Waals surface area contributed by atoms with Crippen LogP contribution in [0.4, 0.5) is 21.7 Å². The number of likely N-dealkylation sites (N-methyl/N-ethyl adjacent to an activating group) is 1. The van der Waals surface area contributed by atoms with Crippen LogP contribution in [0.2, 0.25) is 0 Å². The molecule has 1 amide bonds. The standard InChI is InChI=1S/C31H31FN10O3/c1-19-24(45-21-8-10-42-26(13-21)34-18-36-42)7-6-22(28(19)32)37-30-29-23(33-17-35-30)14-25-31(38-29)40-11-12-41(20(15-40)16-44-25)27(43)5-4-9-39(2)3/h4-8,10,13-14,17-18,20H,9,11-12,15-16H2,1-3H3,(H,33,35,37)/b5-4+/t20-/m0/s1. The highest BCUT2D eigenvalue weighted by Crippen LogP contribution is 2.37. The summed E-state index contributed by atoms with van der Waals surface area (Å²) < 4.78 is 29.4. The summed E-state index contributed by atoms with van der Waals surface area (Å²) in [6, 6.07) is 8.45. The predicted octanol–water partition coefficient (Wildman–Crippen LogP) is 3.58. The number of benzene rings is 1. The second-order valence-corrected chi connectivity index (χ2v) is 11.2. The molecule has 45 heavy (non-hydrogen) atoms. The number of carbonyl (C=O) groups excluding carboxylic acids is 1. The molecule has 2 aliphatic rings. The topological polar surface area (TPSA) is 126 Å². The molecule has 1 aromatic carbocycles. The second kappa shape index (κ2) is 11.6. The van der Waals surface area contributed by atoms with Gasteiger partial charge >= 0.3 is 0 Å². The van der Waals surface area contributed by atoms with Crippen molar-refractivity contribution >= 4 is 39.9 Å². The van der Waals surface area contributed by atoms with Crippen LogP contribution in [0.3, 0.4) is 0 Å². The van der Waals surface area contributed by atoms with Crippen molar-refractivity contribution in [2.75, 3.05) is 57.1 Å². The van der Waals surface area contributed by atoms with Gasteiger partial charge in [-0.05, 0) is 39.2 Å². The third-order valence-corrected chi connectivity index (χ3v) is 7.85. The van der Waals surface area contributed by atoms with E-state index in [9.17, 15) is 4.79 Å². The average Bonchev–Trinajstić information content (AvgIpc) is 3.46.